The van der Waals surface area contributed by atoms with Crippen LogP contribution in [-0.2, 0) is 4.74 Å². The quantitative estimate of drug-likeness (QED) is 0.782. The molecule has 1 amide bonds. The van der Waals surface area contributed by atoms with Crippen LogP contribution in [-0.4, -0.2) is 34.9 Å². The minimum atomic E-state index is -0.129. The lowest BCUT2D eigenvalue weighted by molar-refractivity contribution is 0.0273. The van der Waals surface area contributed by atoms with E-state index < -0.39 is 0 Å². The Kier molecular flexibility index (Phi) is 6.23. The predicted molar refractivity (Wildman–Crippen MR) is 98.1 cm³/mol. The maximum atomic E-state index is 12.3. The molecule has 0 spiro atoms. The second-order valence-electron chi connectivity index (χ2n) is 6.66. The molecule has 1 aliphatic carbocycles. The highest BCUT2D eigenvalue weighted by Crippen LogP contribution is 2.20. The number of nitrogens with one attached hydrogen (secondary N) is 1. The second kappa shape index (κ2) is 8.81. The number of amides is 1. The molecule has 1 aliphatic rings. The van der Waals surface area contributed by atoms with E-state index in [2.05, 4.69) is 10.4 Å². The number of nitrogens with zero attached hydrogens (tertiary/aromatic N) is 2. The number of carbonyl (C=O) groups excluding carboxylic acids is 1. The predicted octanol–water partition coefficient (Wildman–Crippen LogP) is 3.65. The number of aromatic nitrogens is 2. The van der Waals surface area contributed by atoms with Gasteiger partial charge in [-0.25, -0.2) is 4.68 Å². The second-order valence-corrected chi connectivity index (χ2v) is 6.66. The summed E-state index contributed by atoms with van der Waals surface area (Å²) in [6.45, 7) is 3.28. The van der Waals surface area contributed by atoms with E-state index in [1.54, 1.807) is 4.68 Å². The van der Waals surface area contributed by atoms with Crippen LogP contribution >= 0.6 is 0 Å². The molecule has 1 fully saturated rings. The van der Waals surface area contributed by atoms with Crippen molar-refractivity contribution in [2.45, 2.75) is 51.6 Å². The number of para-hydroxylation sites is 1. The first-order valence-corrected chi connectivity index (χ1v) is 9.26. The van der Waals surface area contributed by atoms with E-state index in [4.69, 9.17) is 4.74 Å². The van der Waals surface area contributed by atoms with Crippen molar-refractivity contribution in [3.8, 4) is 5.69 Å². The molecule has 134 valence electrons. The van der Waals surface area contributed by atoms with E-state index in [1.165, 1.54) is 32.1 Å². The zero-order valence-electron chi connectivity index (χ0n) is 14.9. The van der Waals surface area contributed by atoms with E-state index in [0.717, 1.165) is 17.8 Å². The SMILES string of the molecule is Cc1cc(C(=O)NCCCOC2CCCCC2)nn1-c1ccccc1. The van der Waals surface area contributed by atoms with Crippen molar-refractivity contribution in [3.63, 3.8) is 0 Å². The van der Waals surface area contributed by atoms with Crippen LogP contribution in [0.2, 0.25) is 0 Å². The topological polar surface area (TPSA) is 56.1 Å². The Morgan fingerprint density at radius 2 is 2.00 bits per heavy atom. The monoisotopic (exact) mass is 341 g/mol. The number of benzene rings is 1. The Labute approximate surface area is 149 Å². The van der Waals surface area contributed by atoms with Crippen LogP contribution in [0.3, 0.4) is 0 Å². The summed E-state index contributed by atoms with van der Waals surface area (Å²) in [4.78, 5) is 12.3. The molecular weight excluding hydrogens is 314 g/mol. The molecule has 1 aromatic carbocycles. The molecule has 0 radical (unpaired) electrons. The number of ether oxygens (including phenoxy) is 1. The van der Waals surface area contributed by atoms with E-state index in [1.807, 2.05) is 43.3 Å². The van der Waals surface area contributed by atoms with Gasteiger partial charge in [-0.05, 0) is 44.4 Å². The van der Waals surface area contributed by atoms with Gasteiger partial charge in [0.05, 0.1) is 11.8 Å². The smallest absolute Gasteiger partial charge is 0.271 e. The van der Waals surface area contributed by atoms with Crippen molar-refractivity contribution in [2.24, 2.45) is 0 Å². The van der Waals surface area contributed by atoms with Gasteiger partial charge in [-0.1, -0.05) is 37.5 Å². The molecule has 0 atom stereocenters. The summed E-state index contributed by atoms with van der Waals surface area (Å²) in [6.07, 6.45) is 7.53. The van der Waals surface area contributed by atoms with Crippen LogP contribution in [0.15, 0.2) is 36.4 Å². The van der Waals surface area contributed by atoms with Gasteiger partial charge in [0.2, 0.25) is 0 Å². The molecule has 1 N–H and O–H groups in total. The zero-order valence-corrected chi connectivity index (χ0v) is 14.9. The first-order valence-electron chi connectivity index (χ1n) is 9.26. The van der Waals surface area contributed by atoms with E-state index in [9.17, 15) is 4.79 Å². The molecule has 2 aromatic rings. The summed E-state index contributed by atoms with van der Waals surface area (Å²) >= 11 is 0. The molecule has 1 heterocycles. The maximum absolute atomic E-state index is 12.3. The van der Waals surface area contributed by atoms with Crippen molar-refractivity contribution in [1.29, 1.82) is 0 Å². The largest absolute Gasteiger partial charge is 0.378 e. The van der Waals surface area contributed by atoms with Gasteiger partial charge < -0.3 is 10.1 Å². The van der Waals surface area contributed by atoms with E-state index >= 15 is 0 Å². The number of aryl methyl sites for hydroxylation is 1. The van der Waals surface area contributed by atoms with E-state index in [-0.39, 0.29) is 5.91 Å². The van der Waals surface area contributed by atoms with Crippen molar-refractivity contribution in [3.05, 3.63) is 47.8 Å². The maximum Gasteiger partial charge on any atom is 0.271 e. The average Bonchev–Trinajstić information content (AvgIpc) is 3.05. The highest BCUT2D eigenvalue weighted by molar-refractivity contribution is 5.92. The molecule has 0 saturated heterocycles. The van der Waals surface area contributed by atoms with Crippen LogP contribution in [0.1, 0.15) is 54.7 Å². The summed E-state index contributed by atoms with van der Waals surface area (Å²) in [6, 6.07) is 11.7. The lowest BCUT2D eigenvalue weighted by Crippen LogP contribution is -2.26. The minimum Gasteiger partial charge on any atom is -0.378 e. The standard InChI is InChI=1S/C20H27N3O2/c1-16-15-19(22-23(16)17-9-4-2-5-10-17)20(24)21-13-8-14-25-18-11-6-3-7-12-18/h2,4-5,9-10,15,18H,3,6-8,11-14H2,1H3,(H,21,24). The van der Waals surface area contributed by atoms with Crippen molar-refractivity contribution < 1.29 is 9.53 Å². The molecule has 1 saturated carbocycles. The highest BCUT2D eigenvalue weighted by atomic mass is 16.5. The summed E-state index contributed by atoms with van der Waals surface area (Å²) < 4.78 is 7.67. The van der Waals surface area contributed by atoms with Gasteiger partial charge in [-0.2, -0.15) is 5.10 Å². The third-order valence-electron chi connectivity index (χ3n) is 4.63. The van der Waals surface area contributed by atoms with Gasteiger partial charge in [0.1, 0.15) is 0 Å². The van der Waals surface area contributed by atoms with Crippen LogP contribution in [0.4, 0.5) is 0 Å². The third-order valence-corrected chi connectivity index (χ3v) is 4.63. The van der Waals surface area contributed by atoms with Crippen molar-refractivity contribution in [1.82, 2.24) is 15.1 Å². The normalized spacial score (nSPS) is 15.2. The van der Waals surface area contributed by atoms with Crippen LogP contribution < -0.4 is 5.32 Å². The first-order chi connectivity index (χ1) is 12.2. The molecule has 1 aromatic heterocycles. The fourth-order valence-electron chi connectivity index (χ4n) is 3.26. The fraction of sp³-hybridized carbons (Fsp3) is 0.500. The van der Waals surface area contributed by atoms with Gasteiger partial charge in [0.15, 0.2) is 5.69 Å². The first kappa shape index (κ1) is 17.7. The van der Waals surface area contributed by atoms with Crippen LogP contribution in [0.25, 0.3) is 5.69 Å². The lowest BCUT2D eigenvalue weighted by atomic mass is 9.98. The Balaban J connectivity index is 1.44. The van der Waals surface area contributed by atoms with E-state index in [0.29, 0.717) is 24.9 Å². The number of carbonyl (C=O) groups is 1. The molecule has 3 rings (SSSR count). The molecule has 0 unspecified atom stereocenters. The summed E-state index contributed by atoms with van der Waals surface area (Å²) in [5.41, 5.74) is 2.35. The van der Waals surface area contributed by atoms with Crippen molar-refractivity contribution >= 4 is 5.91 Å². The van der Waals surface area contributed by atoms with Crippen LogP contribution in [0.5, 0.6) is 0 Å². The van der Waals surface area contributed by atoms with Gasteiger partial charge in [0.25, 0.3) is 5.91 Å². The lowest BCUT2D eigenvalue weighted by Gasteiger charge is -2.21. The zero-order chi connectivity index (χ0) is 17.5. The Hall–Kier alpha value is -2.14. The summed E-state index contributed by atoms with van der Waals surface area (Å²) in [5, 5.41) is 7.36. The fourth-order valence-corrected chi connectivity index (χ4v) is 3.26. The molecular formula is C20H27N3O2. The molecule has 5 heteroatoms. The Bertz CT molecular complexity index is 676. The highest BCUT2D eigenvalue weighted by Gasteiger charge is 2.14. The Morgan fingerprint density at radius 1 is 1.24 bits per heavy atom. The molecule has 0 aliphatic heterocycles. The van der Waals surface area contributed by atoms with Crippen molar-refractivity contribution in [2.75, 3.05) is 13.2 Å². The number of rotatable bonds is 7. The average molecular weight is 341 g/mol. The summed E-state index contributed by atoms with van der Waals surface area (Å²) in [5.74, 6) is -0.129. The summed E-state index contributed by atoms with van der Waals surface area (Å²) in [7, 11) is 0. The minimum absolute atomic E-state index is 0.129. The molecule has 5 nitrogen and oxygen atoms in total. The molecule has 25 heavy (non-hydrogen) atoms. The third kappa shape index (κ3) is 4.92. The van der Waals surface area contributed by atoms with Gasteiger partial charge in [-0.3, -0.25) is 4.79 Å². The van der Waals surface area contributed by atoms with Gasteiger partial charge in [0, 0.05) is 18.8 Å². The number of hydrogen-bond acceptors (Lipinski definition) is 3. The number of hydrogen-bond donors (Lipinski definition) is 1. The molecule has 0 bridgehead atoms. The van der Waals surface area contributed by atoms with Crippen LogP contribution in [0, 0.1) is 6.92 Å². The van der Waals surface area contributed by atoms with Gasteiger partial charge in [-0.15, -0.1) is 0 Å². The van der Waals surface area contributed by atoms with Gasteiger partial charge >= 0.3 is 0 Å². The Morgan fingerprint density at radius 3 is 2.76 bits per heavy atom.